The Morgan fingerprint density at radius 3 is 2.43 bits per heavy atom. The molecule has 0 aliphatic heterocycles. The zero-order valence-corrected chi connectivity index (χ0v) is 15.5. The highest BCUT2D eigenvalue weighted by Gasteiger charge is 2.27. The van der Waals surface area contributed by atoms with Crippen LogP contribution >= 0.6 is 22.6 Å². The van der Waals surface area contributed by atoms with Crippen molar-refractivity contribution >= 4 is 28.5 Å². The minimum Gasteiger partial charge on any atom is -0.359 e. The van der Waals surface area contributed by atoms with E-state index in [1.54, 1.807) is 0 Å². The van der Waals surface area contributed by atoms with Gasteiger partial charge >= 0.3 is 0 Å². The summed E-state index contributed by atoms with van der Waals surface area (Å²) in [5, 5.41) is 10.3. The van der Waals surface area contributed by atoms with Gasteiger partial charge in [-0.05, 0) is 31.7 Å². The fraction of sp³-hybridized carbons (Fsp3) is 0.733. The predicted octanol–water partition coefficient (Wildman–Crippen LogP) is 3.06. The lowest BCUT2D eigenvalue weighted by Gasteiger charge is -2.32. The van der Waals surface area contributed by atoms with Gasteiger partial charge in [0.05, 0.1) is 4.43 Å². The Balaban J connectivity index is 2.70. The van der Waals surface area contributed by atoms with Crippen molar-refractivity contribution in [2.24, 2.45) is 5.41 Å². The average Bonchev–Trinajstić information content (AvgIpc) is 2.89. The molecule has 6 heteroatoms. The topological polar surface area (TPSA) is 67.2 Å². The van der Waals surface area contributed by atoms with E-state index >= 15 is 0 Å². The zero-order chi connectivity index (χ0) is 15.9. The molecule has 5 nitrogen and oxygen atoms in total. The highest BCUT2D eigenvalue weighted by Crippen LogP contribution is 2.25. The number of hydrogen-bond acceptors (Lipinski definition) is 4. The molecule has 1 amide bonds. The molecule has 1 aromatic rings. The summed E-state index contributed by atoms with van der Waals surface area (Å²) in [6.45, 7) is 10.8. The molecular formula is C15H26IN3O2. The van der Waals surface area contributed by atoms with Crippen molar-refractivity contribution in [3.8, 4) is 0 Å². The van der Waals surface area contributed by atoms with Gasteiger partial charge in [0.1, 0.15) is 5.76 Å². The first-order valence-electron chi connectivity index (χ1n) is 7.53. The minimum atomic E-state index is -0.143. The van der Waals surface area contributed by atoms with Crippen molar-refractivity contribution in [2.75, 3.05) is 19.6 Å². The van der Waals surface area contributed by atoms with Crippen LogP contribution in [0, 0.1) is 12.3 Å². The number of carbonyl (C=O) groups excluding carboxylic acids is 1. The number of amides is 1. The Labute approximate surface area is 140 Å². The summed E-state index contributed by atoms with van der Waals surface area (Å²) in [6, 6.07) is 0. The van der Waals surface area contributed by atoms with Crippen LogP contribution in [0.1, 0.15) is 55.4 Å². The summed E-state index contributed by atoms with van der Waals surface area (Å²) >= 11 is 2.20. The number of nitrogens with one attached hydrogen (secondary N) is 2. The molecule has 2 N–H and O–H groups in total. The summed E-state index contributed by atoms with van der Waals surface area (Å²) in [5.74, 6) is 0.626. The quantitative estimate of drug-likeness (QED) is 0.488. The molecule has 0 fully saturated rings. The van der Waals surface area contributed by atoms with Crippen molar-refractivity contribution in [1.82, 2.24) is 15.8 Å². The SMILES string of the molecule is CCNCC(CC)(CC)CNC(=O)c1noc(CI)c1C. The summed E-state index contributed by atoms with van der Waals surface area (Å²) in [6.07, 6.45) is 2.04. The van der Waals surface area contributed by atoms with Crippen molar-refractivity contribution in [1.29, 1.82) is 0 Å². The maximum absolute atomic E-state index is 12.3. The first kappa shape index (κ1) is 18.4. The lowest BCUT2D eigenvalue weighted by atomic mass is 9.82. The van der Waals surface area contributed by atoms with Crippen LogP contribution in [-0.4, -0.2) is 30.7 Å². The van der Waals surface area contributed by atoms with Gasteiger partial charge in [-0.1, -0.05) is 48.5 Å². The molecule has 1 rings (SSSR count). The summed E-state index contributed by atoms with van der Waals surface area (Å²) in [4.78, 5) is 12.3. The van der Waals surface area contributed by atoms with Gasteiger partial charge < -0.3 is 15.2 Å². The third-order valence-corrected chi connectivity index (χ3v) is 4.92. The van der Waals surface area contributed by atoms with Gasteiger partial charge in [-0.15, -0.1) is 0 Å². The molecule has 0 saturated carbocycles. The lowest BCUT2D eigenvalue weighted by molar-refractivity contribution is 0.0915. The lowest BCUT2D eigenvalue weighted by Crippen LogP contribution is -2.43. The molecular weight excluding hydrogens is 381 g/mol. The summed E-state index contributed by atoms with van der Waals surface area (Å²) < 4.78 is 5.90. The molecule has 1 aromatic heterocycles. The maximum atomic E-state index is 12.3. The van der Waals surface area contributed by atoms with Gasteiger partial charge in [0.2, 0.25) is 0 Å². The van der Waals surface area contributed by atoms with Crippen LogP contribution in [0.5, 0.6) is 0 Å². The molecule has 0 saturated heterocycles. The molecule has 0 unspecified atom stereocenters. The molecule has 21 heavy (non-hydrogen) atoms. The number of carbonyl (C=O) groups is 1. The third kappa shape index (κ3) is 4.67. The van der Waals surface area contributed by atoms with Crippen LogP contribution in [0.3, 0.4) is 0 Å². The molecule has 0 spiro atoms. The predicted molar refractivity (Wildman–Crippen MR) is 92.9 cm³/mol. The summed E-state index contributed by atoms with van der Waals surface area (Å²) in [5.41, 5.74) is 1.34. The molecule has 0 atom stereocenters. The second kappa shape index (κ2) is 8.73. The molecule has 1 heterocycles. The van der Waals surface area contributed by atoms with Crippen LogP contribution in [0.2, 0.25) is 0 Å². The molecule has 0 bridgehead atoms. The van der Waals surface area contributed by atoms with Gasteiger partial charge in [-0.2, -0.15) is 0 Å². The number of nitrogens with zero attached hydrogens (tertiary/aromatic N) is 1. The molecule has 0 aliphatic carbocycles. The first-order chi connectivity index (χ1) is 10.0. The normalized spacial score (nSPS) is 11.7. The monoisotopic (exact) mass is 407 g/mol. The molecule has 0 aliphatic rings. The average molecular weight is 407 g/mol. The molecule has 0 radical (unpaired) electrons. The van der Waals surface area contributed by atoms with E-state index in [9.17, 15) is 4.79 Å². The Morgan fingerprint density at radius 1 is 1.29 bits per heavy atom. The molecule has 120 valence electrons. The number of hydrogen-bond donors (Lipinski definition) is 2. The van der Waals surface area contributed by atoms with E-state index in [1.807, 2.05) is 6.92 Å². The zero-order valence-electron chi connectivity index (χ0n) is 13.4. The molecule has 0 aromatic carbocycles. The van der Waals surface area contributed by atoms with E-state index in [4.69, 9.17) is 4.52 Å². The first-order valence-corrected chi connectivity index (χ1v) is 9.06. The van der Waals surface area contributed by atoms with Crippen LogP contribution in [0.25, 0.3) is 0 Å². The standard InChI is InChI=1S/C15H26IN3O2/c1-5-15(6-2,9-17-7-3)10-18-14(20)13-11(4)12(8-16)21-19-13/h17H,5-10H2,1-4H3,(H,18,20). The van der Waals surface area contributed by atoms with Crippen LogP contribution < -0.4 is 10.6 Å². The largest absolute Gasteiger partial charge is 0.359 e. The van der Waals surface area contributed by atoms with Crippen molar-refractivity contribution in [3.05, 3.63) is 17.0 Å². The van der Waals surface area contributed by atoms with Crippen molar-refractivity contribution < 1.29 is 9.32 Å². The van der Waals surface area contributed by atoms with Gasteiger partial charge in [-0.3, -0.25) is 4.79 Å². The van der Waals surface area contributed by atoms with Gasteiger partial charge in [0.15, 0.2) is 5.69 Å². The maximum Gasteiger partial charge on any atom is 0.273 e. The second-order valence-electron chi connectivity index (χ2n) is 5.38. The fourth-order valence-electron chi connectivity index (χ4n) is 2.26. The van der Waals surface area contributed by atoms with E-state index < -0.39 is 0 Å². The van der Waals surface area contributed by atoms with E-state index in [2.05, 4.69) is 59.2 Å². The van der Waals surface area contributed by atoms with E-state index in [1.165, 1.54) is 0 Å². The Kier molecular flexibility index (Phi) is 7.65. The summed E-state index contributed by atoms with van der Waals surface area (Å²) in [7, 11) is 0. The van der Waals surface area contributed by atoms with Gasteiger partial charge in [0.25, 0.3) is 5.91 Å². The van der Waals surface area contributed by atoms with E-state index in [0.29, 0.717) is 12.2 Å². The highest BCUT2D eigenvalue weighted by atomic mass is 127. The van der Waals surface area contributed by atoms with Crippen LogP contribution in [-0.2, 0) is 4.43 Å². The van der Waals surface area contributed by atoms with E-state index in [0.717, 1.165) is 41.7 Å². The number of halogens is 1. The Bertz CT molecular complexity index is 456. The van der Waals surface area contributed by atoms with Gasteiger partial charge in [-0.25, -0.2) is 0 Å². The number of alkyl halides is 1. The number of aromatic nitrogens is 1. The highest BCUT2D eigenvalue weighted by molar-refractivity contribution is 14.1. The van der Waals surface area contributed by atoms with Crippen molar-refractivity contribution in [3.63, 3.8) is 0 Å². The van der Waals surface area contributed by atoms with Crippen LogP contribution in [0.15, 0.2) is 4.52 Å². The van der Waals surface area contributed by atoms with Crippen LogP contribution in [0.4, 0.5) is 0 Å². The van der Waals surface area contributed by atoms with Crippen molar-refractivity contribution in [2.45, 2.75) is 45.0 Å². The second-order valence-corrected chi connectivity index (χ2v) is 6.15. The third-order valence-electron chi connectivity index (χ3n) is 4.23. The minimum absolute atomic E-state index is 0.0927. The van der Waals surface area contributed by atoms with Gasteiger partial charge in [0, 0.05) is 18.7 Å². The Morgan fingerprint density at radius 2 is 1.95 bits per heavy atom. The Hall–Kier alpha value is -0.630. The van der Waals surface area contributed by atoms with E-state index in [-0.39, 0.29) is 11.3 Å². The number of rotatable bonds is 9. The fourth-order valence-corrected chi connectivity index (χ4v) is 2.97. The smallest absolute Gasteiger partial charge is 0.273 e.